The summed E-state index contributed by atoms with van der Waals surface area (Å²) < 4.78 is 0.923. The van der Waals surface area contributed by atoms with Crippen LogP contribution in [0.15, 0.2) is 22.7 Å². The molecule has 1 fully saturated rings. The number of benzene rings is 1. The molecule has 2 rings (SSSR count). The zero-order valence-electron chi connectivity index (χ0n) is 7.26. The summed E-state index contributed by atoms with van der Waals surface area (Å²) in [5.74, 6) is 0.383. The van der Waals surface area contributed by atoms with Crippen molar-refractivity contribution < 1.29 is 5.11 Å². The van der Waals surface area contributed by atoms with Gasteiger partial charge in [-0.05, 0) is 31.5 Å². The molecule has 1 atom stereocenters. The number of aromatic hydroxyl groups is 1. The molecule has 0 amide bonds. The van der Waals surface area contributed by atoms with Gasteiger partial charge in [0.05, 0.1) is 0 Å². The highest BCUT2D eigenvalue weighted by molar-refractivity contribution is 9.10. The Morgan fingerprint density at radius 3 is 2.92 bits per heavy atom. The van der Waals surface area contributed by atoms with Crippen molar-refractivity contribution in [3.8, 4) is 5.75 Å². The van der Waals surface area contributed by atoms with Gasteiger partial charge in [0.15, 0.2) is 0 Å². The molecule has 1 heterocycles. The Hall–Kier alpha value is -0.540. The van der Waals surface area contributed by atoms with Crippen LogP contribution in [0, 0.1) is 0 Å². The van der Waals surface area contributed by atoms with E-state index in [1.807, 2.05) is 12.1 Å². The van der Waals surface area contributed by atoms with Crippen molar-refractivity contribution in [2.45, 2.75) is 18.9 Å². The van der Waals surface area contributed by atoms with E-state index in [4.69, 9.17) is 0 Å². The SMILES string of the molecule is Oc1cc(Br)ccc1[C@@H]1CCCN1. The molecule has 2 N–H and O–H groups in total. The first-order valence-electron chi connectivity index (χ1n) is 4.49. The molecule has 1 aromatic carbocycles. The average molecular weight is 242 g/mol. The maximum Gasteiger partial charge on any atom is 0.121 e. The number of nitrogens with one attached hydrogen (secondary N) is 1. The molecule has 0 aliphatic carbocycles. The zero-order chi connectivity index (χ0) is 9.26. The number of hydrogen-bond acceptors (Lipinski definition) is 2. The van der Waals surface area contributed by atoms with Gasteiger partial charge in [-0.2, -0.15) is 0 Å². The molecule has 1 saturated heterocycles. The number of halogens is 1. The second-order valence-electron chi connectivity index (χ2n) is 3.35. The predicted octanol–water partition coefficient (Wildman–Crippen LogP) is 2.58. The van der Waals surface area contributed by atoms with E-state index in [9.17, 15) is 5.11 Å². The molecule has 1 aromatic rings. The van der Waals surface area contributed by atoms with Crippen LogP contribution in [0.25, 0.3) is 0 Å². The smallest absolute Gasteiger partial charge is 0.121 e. The van der Waals surface area contributed by atoms with Gasteiger partial charge in [0.2, 0.25) is 0 Å². The van der Waals surface area contributed by atoms with Crippen molar-refractivity contribution >= 4 is 15.9 Å². The van der Waals surface area contributed by atoms with Crippen LogP contribution in [-0.4, -0.2) is 11.7 Å². The summed E-state index contributed by atoms with van der Waals surface area (Å²) in [5.41, 5.74) is 1.01. The van der Waals surface area contributed by atoms with Crippen molar-refractivity contribution in [3.05, 3.63) is 28.2 Å². The molecule has 0 spiro atoms. The van der Waals surface area contributed by atoms with Gasteiger partial charge in [-0.1, -0.05) is 22.0 Å². The van der Waals surface area contributed by atoms with E-state index in [2.05, 4.69) is 21.2 Å². The lowest BCUT2D eigenvalue weighted by molar-refractivity contribution is 0.456. The fourth-order valence-corrected chi connectivity index (χ4v) is 2.11. The minimum absolute atomic E-state index is 0.341. The Balaban J connectivity index is 2.29. The second kappa shape index (κ2) is 3.68. The molecule has 13 heavy (non-hydrogen) atoms. The zero-order valence-corrected chi connectivity index (χ0v) is 8.84. The van der Waals surface area contributed by atoms with Crippen LogP contribution in [0.5, 0.6) is 5.75 Å². The topological polar surface area (TPSA) is 32.3 Å². The Morgan fingerprint density at radius 2 is 2.31 bits per heavy atom. The molecular weight excluding hydrogens is 230 g/mol. The second-order valence-corrected chi connectivity index (χ2v) is 4.27. The Bertz CT molecular complexity index is 308. The molecule has 0 unspecified atom stereocenters. The third-order valence-electron chi connectivity index (χ3n) is 2.43. The van der Waals surface area contributed by atoms with Gasteiger partial charge in [-0.3, -0.25) is 0 Å². The summed E-state index contributed by atoms with van der Waals surface area (Å²) in [6, 6.07) is 6.03. The van der Waals surface area contributed by atoms with Gasteiger partial charge in [0.25, 0.3) is 0 Å². The van der Waals surface area contributed by atoms with Crippen LogP contribution in [-0.2, 0) is 0 Å². The normalized spacial score (nSPS) is 22.1. The van der Waals surface area contributed by atoms with Gasteiger partial charge < -0.3 is 10.4 Å². The highest BCUT2D eigenvalue weighted by Gasteiger charge is 2.18. The van der Waals surface area contributed by atoms with E-state index in [0.717, 1.165) is 23.0 Å². The Kier molecular flexibility index (Phi) is 2.56. The highest BCUT2D eigenvalue weighted by atomic mass is 79.9. The molecular formula is C10H12BrNO. The van der Waals surface area contributed by atoms with Crippen LogP contribution in [0.3, 0.4) is 0 Å². The maximum atomic E-state index is 9.68. The molecule has 2 nitrogen and oxygen atoms in total. The number of hydrogen-bond donors (Lipinski definition) is 2. The van der Waals surface area contributed by atoms with Gasteiger partial charge in [-0.15, -0.1) is 0 Å². The predicted molar refractivity (Wildman–Crippen MR) is 55.8 cm³/mol. The minimum Gasteiger partial charge on any atom is -0.508 e. The van der Waals surface area contributed by atoms with E-state index < -0.39 is 0 Å². The summed E-state index contributed by atoms with van der Waals surface area (Å²) in [6.07, 6.45) is 2.31. The first-order valence-corrected chi connectivity index (χ1v) is 5.28. The fraction of sp³-hybridized carbons (Fsp3) is 0.400. The van der Waals surface area contributed by atoms with E-state index in [0.29, 0.717) is 11.8 Å². The van der Waals surface area contributed by atoms with Crippen LogP contribution in [0.2, 0.25) is 0 Å². The molecule has 70 valence electrons. The van der Waals surface area contributed by atoms with Crippen LogP contribution < -0.4 is 5.32 Å². The summed E-state index contributed by atoms with van der Waals surface area (Å²) in [5, 5.41) is 13.0. The molecule has 0 saturated carbocycles. The van der Waals surface area contributed by atoms with E-state index in [1.165, 1.54) is 6.42 Å². The van der Waals surface area contributed by atoms with E-state index >= 15 is 0 Å². The maximum absolute atomic E-state index is 9.68. The quantitative estimate of drug-likeness (QED) is 0.793. The summed E-state index contributed by atoms with van der Waals surface area (Å²) >= 11 is 3.32. The van der Waals surface area contributed by atoms with Gasteiger partial charge in [0, 0.05) is 16.1 Å². The van der Waals surface area contributed by atoms with Crippen LogP contribution in [0.4, 0.5) is 0 Å². The Labute approximate surface area is 86.1 Å². The first kappa shape index (κ1) is 9.03. The third-order valence-corrected chi connectivity index (χ3v) is 2.92. The van der Waals surface area contributed by atoms with Crippen molar-refractivity contribution in [1.82, 2.24) is 5.32 Å². The highest BCUT2D eigenvalue weighted by Crippen LogP contribution is 2.31. The lowest BCUT2D eigenvalue weighted by atomic mass is 10.0. The van der Waals surface area contributed by atoms with Crippen molar-refractivity contribution in [2.24, 2.45) is 0 Å². The van der Waals surface area contributed by atoms with Gasteiger partial charge in [-0.25, -0.2) is 0 Å². The number of rotatable bonds is 1. The van der Waals surface area contributed by atoms with Crippen molar-refractivity contribution in [2.75, 3.05) is 6.54 Å². The summed E-state index contributed by atoms with van der Waals surface area (Å²) in [6.45, 7) is 1.06. The van der Waals surface area contributed by atoms with Gasteiger partial charge >= 0.3 is 0 Å². The van der Waals surface area contributed by atoms with Crippen LogP contribution in [0.1, 0.15) is 24.4 Å². The third kappa shape index (κ3) is 1.86. The fourth-order valence-electron chi connectivity index (χ4n) is 1.76. The van der Waals surface area contributed by atoms with Crippen molar-refractivity contribution in [3.63, 3.8) is 0 Å². The lowest BCUT2D eigenvalue weighted by Crippen LogP contribution is -2.12. The van der Waals surface area contributed by atoms with Crippen molar-refractivity contribution in [1.29, 1.82) is 0 Å². The summed E-state index contributed by atoms with van der Waals surface area (Å²) in [7, 11) is 0. The molecule has 0 radical (unpaired) electrons. The molecule has 0 bridgehead atoms. The summed E-state index contributed by atoms with van der Waals surface area (Å²) in [4.78, 5) is 0. The minimum atomic E-state index is 0.341. The van der Waals surface area contributed by atoms with E-state index in [1.54, 1.807) is 6.07 Å². The first-order chi connectivity index (χ1) is 6.27. The molecule has 1 aliphatic rings. The Morgan fingerprint density at radius 1 is 1.46 bits per heavy atom. The standard InChI is InChI=1S/C10H12BrNO/c11-7-3-4-8(10(13)6-7)9-2-1-5-12-9/h3-4,6,9,12-13H,1-2,5H2/t9-/m0/s1. The number of phenolic OH excluding ortho intramolecular Hbond substituents is 1. The van der Waals surface area contributed by atoms with E-state index in [-0.39, 0.29) is 0 Å². The average Bonchev–Trinajstić information content (AvgIpc) is 2.56. The number of phenols is 1. The molecule has 1 aliphatic heterocycles. The van der Waals surface area contributed by atoms with Gasteiger partial charge in [0.1, 0.15) is 5.75 Å². The monoisotopic (exact) mass is 241 g/mol. The largest absolute Gasteiger partial charge is 0.508 e. The molecule has 3 heteroatoms. The van der Waals surface area contributed by atoms with Crippen LogP contribution >= 0.6 is 15.9 Å². The lowest BCUT2D eigenvalue weighted by Gasteiger charge is -2.12. The molecule has 0 aromatic heterocycles.